The second kappa shape index (κ2) is 13.9. The molecule has 0 radical (unpaired) electrons. The molecular formula is C29H33N9O7. The number of piperidine rings is 2. The first-order valence-electron chi connectivity index (χ1n) is 14.6. The summed E-state index contributed by atoms with van der Waals surface area (Å²) >= 11 is 0. The van der Waals surface area contributed by atoms with Gasteiger partial charge in [-0.05, 0) is 69.2 Å². The number of carbonyl (C=O) groups excluding carboxylic acids is 1. The number of carbonyl (C=O) groups is 1. The van der Waals surface area contributed by atoms with E-state index < -0.39 is 27.2 Å². The second-order valence-corrected chi connectivity index (χ2v) is 10.7. The van der Waals surface area contributed by atoms with Crippen molar-refractivity contribution < 1.29 is 24.1 Å². The Morgan fingerprint density at radius 3 is 1.93 bits per heavy atom. The van der Waals surface area contributed by atoms with Crippen LogP contribution in [0.25, 0.3) is 0 Å². The van der Waals surface area contributed by atoms with Gasteiger partial charge in [-0.25, -0.2) is 10.2 Å². The van der Waals surface area contributed by atoms with Crippen LogP contribution in [0.1, 0.15) is 60.0 Å². The van der Waals surface area contributed by atoms with Crippen molar-refractivity contribution >= 4 is 41.4 Å². The Hall–Kier alpha value is -5.41. The molecule has 2 fully saturated rings. The molecular weight excluding hydrogens is 586 g/mol. The molecule has 0 saturated carbocycles. The minimum absolute atomic E-state index is 0.00769. The summed E-state index contributed by atoms with van der Waals surface area (Å²) in [5, 5.41) is 27.1. The van der Waals surface area contributed by atoms with Crippen molar-refractivity contribution in [2.45, 2.75) is 45.4 Å². The normalized spacial score (nSPS) is 15.2. The first-order valence-corrected chi connectivity index (χ1v) is 14.6. The highest BCUT2D eigenvalue weighted by Crippen LogP contribution is 2.32. The summed E-state index contributed by atoms with van der Waals surface area (Å²) in [6, 6.07) is 6.53. The molecule has 1 N–H and O–H groups in total. The summed E-state index contributed by atoms with van der Waals surface area (Å²) in [5.41, 5.74) is 1.85. The molecule has 0 bridgehead atoms. The van der Waals surface area contributed by atoms with E-state index in [1.54, 1.807) is 12.1 Å². The summed E-state index contributed by atoms with van der Waals surface area (Å²) in [7, 11) is 1.38. The van der Waals surface area contributed by atoms with Gasteiger partial charge in [0.25, 0.3) is 11.4 Å². The number of benzene rings is 2. The third-order valence-corrected chi connectivity index (χ3v) is 7.64. The number of nitro benzene ring substituents is 2. The fourth-order valence-electron chi connectivity index (χ4n) is 5.23. The molecule has 0 amide bonds. The molecule has 45 heavy (non-hydrogen) atoms. The molecule has 0 unspecified atom stereocenters. The zero-order chi connectivity index (χ0) is 31.9. The molecule has 2 aliphatic heterocycles. The topological polar surface area (TPSA) is 191 Å². The maximum absolute atomic E-state index is 12.9. The number of esters is 1. The zero-order valence-corrected chi connectivity index (χ0v) is 25.0. The van der Waals surface area contributed by atoms with Crippen molar-refractivity contribution in [2.75, 3.05) is 48.5 Å². The molecule has 16 nitrogen and oxygen atoms in total. The lowest BCUT2D eigenvalue weighted by Crippen LogP contribution is -2.34. The van der Waals surface area contributed by atoms with Gasteiger partial charge in [0.2, 0.25) is 17.8 Å². The van der Waals surface area contributed by atoms with Gasteiger partial charge in [-0.3, -0.25) is 20.2 Å². The number of hydrogen-bond acceptors (Lipinski definition) is 14. The van der Waals surface area contributed by atoms with Crippen LogP contribution in [0.4, 0.5) is 29.2 Å². The highest BCUT2D eigenvalue weighted by Gasteiger charge is 2.27. The molecule has 0 spiro atoms. The largest absolute Gasteiger partial charge is 0.493 e. The van der Waals surface area contributed by atoms with Crippen LogP contribution in [0, 0.1) is 27.2 Å². The number of nitrogens with one attached hydrogen (secondary N) is 1. The molecule has 16 heteroatoms. The van der Waals surface area contributed by atoms with Gasteiger partial charge in [-0.15, -0.1) is 0 Å². The number of methoxy groups -OCH3 is 1. The van der Waals surface area contributed by atoms with E-state index in [1.807, 2.05) is 0 Å². The van der Waals surface area contributed by atoms with Crippen LogP contribution in [-0.2, 0) is 0 Å². The molecule has 1 aromatic heterocycles. The van der Waals surface area contributed by atoms with Crippen LogP contribution in [0.5, 0.6) is 11.5 Å². The van der Waals surface area contributed by atoms with Crippen LogP contribution in [0.2, 0.25) is 0 Å². The van der Waals surface area contributed by atoms with Crippen molar-refractivity contribution in [3.05, 3.63) is 67.3 Å². The monoisotopic (exact) mass is 619 g/mol. The highest BCUT2D eigenvalue weighted by atomic mass is 16.6. The third kappa shape index (κ3) is 7.39. The number of hydrazone groups is 1. The van der Waals surface area contributed by atoms with E-state index in [0.29, 0.717) is 23.4 Å². The Balaban J connectivity index is 1.32. The summed E-state index contributed by atoms with van der Waals surface area (Å²) in [4.78, 5) is 52.4. The number of rotatable bonds is 10. The minimum atomic E-state index is -1.02. The van der Waals surface area contributed by atoms with Crippen molar-refractivity contribution in [2.24, 2.45) is 5.10 Å². The lowest BCUT2D eigenvalue weighted by Gasteiger charge is -2.30. The Labute approximate surface area is 258 Å². The van der Waals surface area contributed by atoms with Crippen molar-refractivity contribution in [1.29, 1.82) is 0 Å². The van der Waals surface area contributed by atoms with Crippen LogP contribution in [-0.4, -0.2) is 70.3 Å². The molecule has 5 rings (SSSR count). The molecule has 2 saturated heterocycles. The van der Waals surface area contributed by atoms with Crippen LogP contribution in [0.3, 0.4) is 0 Å². The first-order chi connectivity index (χ1) is 21.7. The Morgan fingerprint density at radius 2 is 1.42 bits per heavy atom. The lowest BCUT2D eigenvalue weighted by molar-refractivity contribution is -0.395. The highest BCUT2D eigenvalue weighted by molar-refractivity contribution is 5.93. The van der Waals surface area contributed by atoms with Gasteiger partial charge in [0, 0.05) is 38.3 Å². The van der Waals surface area contributed by atoms with Crippen LogP contribution < -0.4 is 24.7 Å². The van der Waals surface area contributed by atoms with Gasteiger partial charge >= 0.3 is 5.97 Å². The van der Waals surface area contributed by atoms with E-state index in [0.717, 1.165) is 64.0 Å². The third-order valence-electron chi connectivity index (χ3n) is 7.64. The number of aromatic nitrogens is 3. The maximum atomic E-state index is 12.9. The number of nitro groups is 2. The summed E-state index contributed by atoms with van der Waals surface area (Å²) in [6.07, 6.45) is 8.25. The van der Waals surface area contributed by atoms with Gasteiger partial charge in [-0.1, -0.05) is 0 Å². The second-order valence-electron chi connectivity index (χ2n) is 10.7. The Kier molecular flexibility index (Phi) is 9.60. The molecule has 0 aliphatic carbocycles. The van der Waals surface area contributed by atoms with E-state index in [-0.39, 0.29) is 22.6 Å². The van der Waals surface area contributed by atoms with E-state index in [4.69, 9.17) is 14.5 Å². The molecule has 0 atom stereocenters. The smallest absolute Gasteiger partial charge is 0.344 e. The quantitative estimate of drug-likeness (QED) is 0.108. The molecule has 2 aliphatic rings. The predicted octanol–water partition coefficient (Wildman–Crippen LogP) is 4.65. The van der Waals surface area contributed by atoms with Gasteiger partial charge in [0.15, 0.2) is 11.5 Å². The number of ether oxygens (including phenoxy) is 2. The van der Waals surface area contributed by atoms with Gasteiger partial charge < -0.3 is 19.3 Å². The summed E-state index contributed by atoms with van der Waals surface area (Å²) in [6.45, 7) is 4.80. The molecule has 2 aromatic carbocycles. The van der Waals surface area contributed by atoms with Crippen LogP contribution >= 0.6 is 0 Å². The average Bonchev–Trinajstić information content (AvgIpc) is 3.05. The number of nitrogens with zero attached hydrogens (tertiary/aromatic N) is 8. The average molecular weight is 620 g/mol. The van der Waals surface area contributed by atoms with Crippen molar-refractivity contribution in [3.8, 4) is 11.5 Å². The fraction of sp³-hybridized carbons (Fsp3) is 0.414. The first kappa shape index (κ1) is 31.0. The van der Waals surface area contributed by atoms with Crippen LogP contribution in [0.15, 0.2) is 35.4 Å². The predicted molar refractivity (Wildman–Crippen MR) is 166 cm³/mol. The number of anilines is 3. The van der Waals surface area contributed by atoms with Gasteiger partial charge in [0.05, 0.1) is 28.7 Å². The Morgan fingerprint density at radius 1 is 0.867 bits per heavy atom. The zero-order valence-electron chi connectivity index (χ0n) is 25.0. The van der Waals surface area contributed by atoms with E-state index in [1.165, 1.54) is 39.2 Å². The van der Waals surface area contributed by atoms with Crippen molar-refractivity contribution in [1.82, 2.24) is 15.0 Å². The van der Waals surface area contributed by atoms with Gasteiger partial charge in [-0.2, -0.15) is 20.1 Å². The Bertz CT molecular complexity index is 1550. The van der Waals surface area contributed by atoms with E-state index >= 15 is 0 Å². The lowest BCUT2D eigenvalue weighted by atomic mass is 10.1. The maximum Gasteiger partial charge on any atom is 0.344 e. The van der Waals surface area contributed by atoms with Crippen molar-refractivity contribution in [3.63, 3.8) is 0 Å². The molecule has 3 heterocycles. The minimum Gasteiger partial charge on any atom is -0.493 e. The standard InChI is InChI=1S/C29H33N9O7/c1-19-22(37(40)41)16-21(17-23(19)38(42)43)26(39)45-24-10-9-20(15-25(24)44-2)18-30-34-27-31-28(35-11-5-3-6-12-35)33-29(32-27)36-13-7-4-8-14-36/h9-10,15-18H,3-8,11-14H2,1-2H3,(H,31,32,33,34). The summed E-state index contributed by atoms with van der Waals surface area (Å²) in [5.74, 6) is 0.726. The van der Waals surface area contributed by atoms with Gasteiger partial charge in [0.1, 0.15) is 5.56 Å². The number of hydrogen-bond donors (Lipinski definition) is 1. The van der Waals surface area contributed by atoms with E-state index in [2.05, 4.69) is 30.3 Å². The molecule has 3 aromatic rings. The SMILES string of the molecule is COc1cc(C=NNc2nc(N3CCCCC3)nc(N3CCCCC3)n2)ccc1OC(=O)c1cc([N+](=O)[O-])c(C)c([N+](=O)[O-])c1. The van der Waals surface area contributed by atoms with E-state index in [9.17, 15) is 25.0 Å². The fourth-order valence-corrected chi connectivity index (χ4v) is 5.23. The summed E-state index contributed by atoms with van der Waals surface area (Å²) < 4.78 is 10.8. The molecule has 236 valence electrons.